The standard InChI is InChI=1S/C12H9NO3/c14-11-5-4-10(7-13-11)8-2-1-3-9(6-8)12(15)16/h1-7H,(H,13,14)(H,15,16). The SMILES string of the molecule is O=C(O)c1cccc(-c2ccc(=O)[nH]c2)c1. The molecule has 4 nitrogen and oxygen atoms in total. The van der Waals surface area contributed by atoms with Crippen molar-refractivity contribution in [2.45, 2.75) is 0 Å². The number of carbonyl (C=O) groups is 1. The van der Waals surface area contributed by atoms with Crippen molar-refractivity contribution in [3.8, 4) is 11.1 Å². The molecular weight excluding hydrogens is 206 g/mol. The Labute approximate surface area is 91.2 Å². The van der Waals surface area contributed by atoms with Crippen LogP contribution in [0.2, 0.25) is 0 Å². The van der Waals surface area contributed by atoms with Gasteiger partial charge in [-0.3, -0.25) is 4.79 Å². The first-order valence-corrected chi connectivity index (χ1v) is 4.69. The number of aromatic amines is 1. The minimum Gasteiger partial charge on any atom is -0.478 e. The molecule has 16 heavy (non-hydrogen) atoms. The van der Waals surface area contributed by atoms with Crippen LogP contribution in [0.5, 0.6) is 0 Å². The predicted octanol–water partition coefficient (Wildman–Crippen LogP) is 1.74. The molecule has 0 radical (unpaired) electrons. The molecule has 80 valence electrons. The van der Waals surface area contributed by atoms with Crippen LogP contribution in [0.15, 0.2) is 47.4 Å². The van der Waals surface area contributed by atoms with Gasteiger partial charge in [0.05, 0.1) is 5.56 Å². The molecule has 2 N–H and O–H groups in total. The van der Waals surface area contributed by atoms with Gasteiger partial charge in [-0.25, -0.2) is 4.79 Å². The first-order valence-electron chi connectivity index (χ1n) is 4.69. The summed E-state index contributed by atoms with van der Waals surface area (Å²) in [6.07, 6.45) is 1.56. The normalized spacial score (nSPS) is 10.0. The van der Waals surface area contributed by atoms with Gasteiger partial charge >= 0.3 is 5.97 Å². The molecule has 0 spiro atoms. The summed E-state index contributed by atoms with van der Waals surface area (Å²) in [6.45, 7) is 0. The highest BCUT2D eigenvalue weighted by Crippen LogP contribution is 2.18. The first kappa shape index (κ1) is 10.2. The zero-order valence-corrected chi connectivity index (χ0v) is 8.31. The number of hydrogen-bond donors (Lipinski definition) is 2. The van der Waals surface area contributed by atoms with Gasteiger partial charge in [0.15, 0.2) is 0 Å². The fourth-order valence-electron chi connectivity index (χ4n) is 1.42. The number of benzene rings is 1. The Morgan fingerprint density at radius 2 is 1.94 bits per heavy atom. The third kappa shape index (κ3) is 2.00. The molecule has 0 fully saturated rings. The van der Waals surface area contributed by atoms with Crippen LogP contribution >= 0.6 is 0 Å². The van der Waals surface area contributed by atoms with Crippen LogP contribution in [0.3, 0.4) is 0 Å². The summed E-state index contributed by atoms with van der Waals surface area (Å²) in [5, 5.41) is 8.84. The van der Waals surface area contributed by atoms with Gasteiger partial charge in [0.25, 0.3) is 0 Å². The van der Waals surface area contributed by atoms with E-state index in [1.54, 1.807) is 30.5 Å². The lowest BCUT2D eigenvalue weighted by Crippen LogP contribution is -2.01. The monoisotopic (exact) mass is 215 g/mol. The highest BCUT2D eigenvalue weighted by molar-refractivity contribution is 5.89. The summed E-state index contributed by atoms with van der Waals surface area (Å²) in [7, 11) is 0. The Hall–Kier alpha value is -2.36. The molecule has 0 atom stereocenters. The van der Waals surface area contributed by atoms with Gasteiger partial charge in [-0.2, -0.15) is 0 Å². The highest BCUT2D eigenvalue weighted by atomic mass is 16.4. The zero-order valence-electron chi connectivity index (χ0n) is 8.31. The second kappa shape index (κ2) is 4.02. The van der Waals surface area contributed by atoms with E-state index in [0.717, 1.165) is 11.1 Å². The van der Waals surface area contributed by atoms with Crippen molar-refractivity contribution in [2.24, 2.45) is 0 Å². The van der Waals surface area contributed by atoms with Gasteiger partial charge in [-0.15, -0.1) is 0 Å². The largest absolute Gasteiger partial charge is 0.478 e. The van der Waals surface area contributed by atoms with Crippen molar-refractivity contribution >= 4 is 5.97 Å². The van der Waals surface area contributed by atoms with Gasteiger partial charge < -0.3 is 10.1 Å². The molecule has 1 aromatic carbocycles. The van der Waals surface area contributed by atoms with Gasteiger partial charge in [0, 0.05) is 12.3 Å². The maximum atomic E-state index is 10.9. The van der Waals surface area contributed by atoms with E-state index in [9.17, 15) is 9.59 Å². The Kier molecular flexibility index (Phi) is 2.55. The number of carboxylic acids is 1. The molecule has 0 aliphatic heterocycles. The lowest BCUT2D eigenvalue weighted by Gasteiger charge is -2.01. The third-order valence-electron chi connectivity index (χ3n) is 2.23. The van der Waals surface area contributed by atoms with Crippen LogP contribution < -0.4 is 5.56 Å². The van der Waals surface area contributed by atoms with E-state index in [4.69, 9.17) is 5.11 Å². The molecule has 0 saturated heterocycles. The number of pyridine rings is 1. The van der Waals surface area contributed by atoms with Gasteiger partial charge in [0.2, 0.25) is 5.56 Å². The summed E-state index contributed by atoms with van der Waals surface area (Å²) in [4.78, 5) is 24.2. The van der Waals surface area contributed by atoms with Gasteiger partial charge in [-0.1, -0.05) is 12.1 Å². The van der Waals surface area contributed by atoms with E-state index in [1.165, 1.54) is 12.1 Å². The molecule has 1 aromatic heterocycles. The fraction of sp³-hybridized carbons (Fsp3) is 0. The van der Waals surface area contributed by atoms with E-state index in [1.807, 2.05) is 0 Å². The van der Waals surface area contributed by atoms with Crippen LogP contribution in [0, 0.1) is 0 Å². The van der Waals surface area contributed by atoms with Crippen molar-refractivity contribution in [1.29, 1.82) is 0 Å². The number of carboxylic acid groups (broad SMARTS) is 1. The fourth-order valence-corrected chi connectivity index (χ4v) is 1.42. The van der Waals surface area contributed by atoms with E-state index >= 15 is 0 Å². The minimum atomic E-state index is -0.966. The molecule has 0 unspecified atom stereocenters. The van der Waals surface area contributed by atoms with Crippen LogP contribution in [0.1, 0.15) is 10.4 Å². The third-order valence-corrected chi connectivity index (χ3v) is 2.23. The Morgan fingerprint density at radius 3 is 2.56 bits per heavy atom. The van der Waals surface area contributed by atoms with Crippen LogP contribution in [-0.4, -0.2) is 16.1 Å². The van der Waals surface area contributed by atoms with Crippen molar-refractivity contribution < 1.29 is 9.90 Å². The summed E-state index contributed by atoms with van der Waals surface area (Å²) in [5.41, 5.74) is 1.58. The Balaban J connectivity index is 2.48. The maximum absolute atomic E-state index is 10.9. The Bertz CT molecular complexity index is 566. The highest BCUT2D eigenvalue weighted by Gasteiger charge is 2.04. The van der Waals surface area contributed by atoms with E-state index < -0.39 is 5.97 Å². The number of H-pyrrole nitrogens is 1. The predicted molar refractivity (Wildman–Crippen MR) is 59.5 cm³/mol. The first-order chi connectivity index (χ1) is 7.66. The summed E-state index contributed by atoms with van der Waals surface area (Å²) >= 11 is 0. The maximum Gasteiger partial charge on any atom is 0.335 e. The molecule has 0 aliphatic rings. The average molecular weight is 215 g/mol. The van der Waals surface area contributed by atoms with Crippen molar-refractivity contribution in [3.63, 3.8) is 0 Å². The molecule has 2 aromatic rings. The van der Waals surface area contributed by atoms with Gasteiger partial charge in [-0.05, 0) is 29.3 Å². The summed E-state index contributed by atoms with van der Waals surface area (Å²) in [6, 6.07) is 9.61. The van der Waals surface area contributed by atoms with E-state index in [2.05, 4.69) is 4.98 Å². The number of aromatic carboxylic acids is 1. The van der Waals surface area contributed by atoms with Crippen molar-refractivity contribution in [1.82, 2.24) is 4.98 Å². The second-order valence-electron chi connectivity index (χ2n) is 3.33. The van der Waals surface area contributed by atoms with Crippen LogP contribution in [-0.2, 0) is 0 Å². The summed E-state index contributed by atoms with van der Waals surface area (Å²) < 4.78 is 0. The minimum absolute atomic E-state index is 0.182. The quantitative estimate of drug-likeness (QED) is 0.801. The number of hydrogen-bond acceptors (Lipinski definition) is 2. The molecule has 2 rings (SSSR count). The van der Waals surface area contributed by atoms with E-state index in [0.29, 0.717) is 0 Å². The second-order valence-corrected chi connectivity index (χ2v) is 3.33. The number of rotatable bonds is 2. The average Bonchev–Trinajstić information content (AvgIpc) is 2.30. The van der Waals surface area contributed by atoms with Crippen LogP contribution in [0.25, 0.3) is 11.1 Å². The molecule has 4 heteroatoms. The van der Waals surface area contributed by atoms with Gasteiger partial charge in [0.1, 0.15) is 0 Å². The molecule has 0 saturated carbocycles. The topological polar surface area (TPSA) is 70.2 Å². The number of aromatic nitrogens is 1. The molecule has 0 amide bonds. The summed E-state index contributed by atoms with van der Waals surface area (Å²) in [5.74, 6) is -0.966. The number of nitrogens with one attached hydrogen (secondary N) is 1. The smallest absolute Gasteiger partial charge is 0.335 e. The lowest BCUT2D eigenvalue weighted by molar-refractivity contribution is 0.0697. The molecule has 0 aliphatic carbocycles. The molecular formula is C12H9NO3. The van der Waals surface area contributed by atoms with Crippen LogP contribution in [0.4, 0.5) is 0 Å². The lowest BCUT2D eigenvalue weighted by atomic mass is 10.1. The Morgan fingerprint density at radius 1 is 1.12 bits per heavy atom. The molecule has 0 bridgehead atoms. The molecule has 1 heterocycles. The van der Waals surface area contributed by atoms with Crippen molar-refractivity contribution in [3.05, 3.63) is 58.5 Å². The van der Waals surface area contributed by atoms with E-state index in [-0.39, 0.29) is 11.1 Å². The van der Waals surface area contributed by atoms with Crippen molar-refractivity contribution in [2.75, 3.05) is 0 Å². The zero-order chi connectivity index (χ0) is 11.5.